The smallest absolute Gasteiger partial charge is 0.296 e. The number of aliphatic hydroxyl groups excluding tert-OH is 1. The molecule has 1 amide bonds. The van der Waals surface area contributed by atoms with E-state index in [1.54, 1.807) is 36.4 Å². The lowest BCUT2D eigenvalue weighted by Gasteiger charge is -2.25. The summed E-state index contributed by atoms with van der Waals surface area (Å²) in [5, 5.41) is 21.0. The number of carbonyl (C=O) groups is 2. The topological polar surface area (TPSA) is 100 Å². The van der Waals surface area contributed by atoms with Gasteiger partial charge in [0.05, 0.1) is 31.5 Å². The van der Waals surface area contributed by atoms with Gasteiger partial charge in [0.1, 0.15) is 11.5 Å². The number of nitrogens with zero attached hydrogens (tertiary/aromatic N) is 1. The Morgan fingerprint density at radius 3 is 2.52 bits per heavy atom. The van der Waals surface area contributed by atoms with Crippen molar-refractivity contribution in [2.75, 3.05) is 7.11 Å². The van der Waals surface area contributed by atoms with Crippen LogP contribution >= 0.6 is 0 Å². The monoisotopic (exact) mass is 419 g/mol. The van der Waals surface area contributed by atoms with E-state index in [1.165, 1.54) is 24.3 Å². The number of ether oxygens (including phenoxy) is 1. The van der Waals surface area contributed by atoms with Crippen LogP contribution in [0.4, 0.5) is 0 Å². The van der Waals surface area contributed by atoms with Crippen molar-refractivity contribution in [3.05, 3.63) is 88.9 Å². The van der Waals surface area contributed by atoms with E-state index in [0.29, 0.717) is 16.9 Å². The van der Waals surface area contributed by atoms with Gasteiger partial charge in [-0.15, -0.1) is 0 Å². The van der Waals surface area contributed by atoms with Gasteiger partial charge in [-0.2, -0.15) is 0 Å². The van der Waals surface area contributed by atoms with E-state index in [1.807, 2.05) is 19.1 Å². The summed E-state index contributed by atoms with van der Waals surface area (Å²) in [6.07, 6.45) is 1.48. The molecule has 1 atom stereocenters. The maximum Gasteiger partial charge on any atom is 0.296 e. The van der Waals surface area contributed by atoms with Crippen LogP contribution in [0.1, 0.15) is 28.5 Å². The van der Waals surface area contributed by atoms with E-state index < -0.39 is 17.7 Å². The molecule has 2 aromatic carbocycles. The quantitative estimate of drug-likeness (QED) is 0.369. The molecule has 7 nitrogen and oxygen atoms in total. The minimum absolute atomic E-state index is 0.0341. The molecule has 1 aromatic heterocycles. The van der Waals surface area contributed by atoms with Gasteiger partial charge in [0.25, 0.3) is 11.7 Å². The molecule has 1 aliphatic rings. The first-order valence-corrected chi connectivity index (χ1v) is 9.65. The first-order valence-electron chi connectivity index (χ1n) is 9.65. The minimum Gasteiger partial charge on any atom is -0.507 e. The number of Topliss-reactive ketones (excluding diaryl/α,β-unsaturated/α-hetero) is 1. The lowest BCUT2D eigenvalue weighted by Crippen LogP contribution is -2.29. The highest BCUT2D eigenvalue weighted by Gasteiger charge is 2.46. The summed E-state index contributed by atoms with van der Waals surface area (Å²) in [5.74, 6) is -1.20. The van der Waals surface area contributed by atoms with Crippen molar-refractivity contribution in [1.29, 1.82) is 0 Å². The van der Waals surface area contributed by atoms with Crippen LogP contribution in [-0.4, -0.2) is 33.9 Å². The average Bonchev–Trinajstić information content (AvgIpc) is 3.37. The zero-order chi connectivity index (χ0) is 22.1. The largest absolute Gasteiger partial charge is 0.507 e. The molecule has 31 heavy (non-hydrogen) atoms. The zero-order valence-electron chi connectivity index (χ0n) is 17.0. The predicted octanol–water partition coefficient (Wildman–Crippen LogP) is 3.92. The number of aliphatic hydroxyl groups is 1. The molecule has 2 heterocycles. The minimum atomic E-state index is -0.888. The molecular weight excluding hydrogens is 398 g/mol. The van der Waals surface area contributed by atoms with Crippen LogP contribution in [0.2, 0.25) is 0 Å². The number of phenolic OH excluding ortho intramolecular Hbond substituents is 1. The Kier molecular flexibility index (Phi) is 5.25. The van der Waals surface area contributed by atoms with Crippen LogP contribution in [0, 0.1) is 6.92 Å². The number of carbonyl (C=O) groups excluding carboxylic acids is 2. The number of rotatable bonds is 5. The van der Waals surface area contributed by atoms with E-state index in [0.717, 1.165) is 5.56 Å². The maximum absolute atomic E-state index is 13.0. The van der Waals surface area contributed by atoms with Crippen molar-refractivity contribution in [3.63, 3.8) is 0 Å². The van der Waals surface area contributed by atoms with Gasteiger partial charge in [0.2, 0.25) is 0 Å². The van der Waals surface area contributed by atoms with Crippen LogP contribution in [0.3, 0.4) is 0 Å². The highest BCUT2D eigenvalue weighted by Crippen LogP contribution is 2.42. The number of methoxy groups -OCH3 is 1. The third kappa shape index (κ3) is 3.66. The highest BCUT2D eigenvalue weighted by atomic mass is 16.5. The number of amides is 1. The van der Waals surface area contributed by atoms with Gasteiger partial charge in [-0.05, 0) is 36.8 Å². The molecule has 0 unspecified atom stereocenters. The fraction of sp³-hybridized carbons (Fsp3) is 0.167. The third-order valence-corrected chi connectivity index (χ3v) is 5.29. The lowest BCUT2D eigenvalue weighted by molar-refractivity contribution is -0.140. The summed E-state index contributed by atoms with van der Waals surface area (Å²) in [7, 11) is 1.41. The number of hydrogen-bond acceptors (Lipinski definition) is 6. The standard InChI is InChI=1S/C24H21NO6/c1-14-5-7-15(8-6-14)22(27)20-21(16-9-10-18(26)19(12-16)30-2)25(24(29)23(20)28)13-17-4-3-11-31-17/h3-12,21,26-27H,13H2,1-2H3/t21-/m0/s1. The molecule has 0 radical (unpaired) electrons. The maximum atomic E-state index is 13.0. The normalized spacial score (nSPS) is 17.9. The summed E-state index contributed by atoms with van der Waals surface area (Å²) in [5.41, 5.74) is 1.90. The SMILES string of the molecule is COc1cc([C@H]2C(=C(O)c3ccc(C)cc3)C(=O)C(=O)N2Cc2ccco2)ccc1O. The van der Waals surface area contributed by atoms with Crippen molar-refractivity contribution >= 4 is 17.4 Å². The molecule has 0 spiro atoms. The summed E-state index contributed by atoms with van der Waals surface area (Å²) in [6.45, 7) is 1.95. The van der Waals surface area contributed by atoms with Crippen molar-refractivity contribution in [2.45, 2.75) is 19.5 Å². The number of ketones is 1. The van der Waals surface area contributed by atoms with Crippen molar-refractivity contribution in [2.24, 2.45) is 0 Å². The molecule has 4 rings (SSSR count). The molecular formula is C24H21NO6. The van der Waals surface area contributed by atoms with Gasteiger partial charge in [-0.1, -0.05) is 35.9 Å². The Hall–Kier alpha value is -4.00. The van der Waals surface area contributed by atoms with E-state index >= 15 is 0 Å². The molecule has 2 N–H and O–H groups in total. The molecule has 7 heteroatoms. The average molecular weight is 419 g/mol. The second-order valence-corrected chi connectivity index (χ2v) is 7.30. The molecule has 1 fully saturated rings. The highest BCUT2D eigenvalue weighted by molar-refractivity contribution is 6.46. The number of aromatic hydroxyl groups is 1. The van der Waals surface area contributed by atoms with Gasteiger partial charge >= 0.3 is 0 Å². The van der Waals surface area contributed by atoms with Crippen LogP contribution < -0.4 is 4.74 Å². The second kappa shape index (κ2) is 8.02. The predicted molar refractivity (Wildman–Crippen MR) is 112 cm³/mol. The molecule has 0 aliphatic carbocycles. The van der Waals surface area contributed by atoms with Crippen molar-refractivity contribution in [3.8, 4) is 11.5 Å². The van der Waals surface area contributed by atoms with Crippen LogP contribution in [0.25, 0.3) is 5.76 Å². The first-order chi connectivity index (χ1) is 14.9. The fourth-order valence-corrected chi connectivity index (χ4v) is 3.69. The number of furan rings is 1. The van der Waals surface area contributed by atoms with Gasteiger partial charge in [-0.3, -0.25) is 9.59 Å². The Bertz CT molecular complexity index is 1160. The van der Waals surface area contributed by atoms with Gasteiger partial charge in [-0.25, -0.2) is 0 Å². The van der Waals surface area contributed by atoms with Crippen LogP contribution in [0.15, 0.2) is 70.9 Å². The summed E-state index contributed by atoms with van der Waals surface area (Å²) >= 11 is 0. The fourth-order valence-electron chi connectivity index (χ4n) is 3.69. The van der Waals surface area contributed by atoms with Gasteiger partial charge in [0.15, 0.2) is 11.5 Å². The van der Waals surface area contributed by atoms with E-state index in [9.17, 15) is 19.8 Å². The van der Waals surface area contributed by atoms with Crippen LogP contribution in [-0.2, 0) is 16.1 Å². The van der Waals surface area contributed by atoms with Crippen LogP contribution in [0.5, 0.6) is 11.5 Å². The molecule has 0 bridgehead atoms. The first kappa shape index (κ1) is 20.3. The Labute approximate surface area is 178 Å². The van der Waals surface area contributed by atoms with Crippen molar-refractivity contribution in [1.82, 2.24) is 4.90 Å². The van der Waals surface area contributed by atoms with E-state index in [4.69, 9.17) is 9.15 Å². The summed E-state index contributed by atoms with van der Waals surface area (Å²) in [4.78, 5) is 27.3. The Morgan fingerprint density at radius 2 is 1.87 bits per heavy atom. The number of phenols is 1. The molecule has 3 aromatic rings. The molecule has 1 saturated heterocycles. The van der Waals surface area contributed by atoms with E-state index in [-0.39, 0.29) is 29.4 Å². The number of benzene rings is 2. The van der Waals surface area contributed by atoms with Gasteiger partial charge in [0, 0.05) is 5.56 Å². The summed E-state index contributed by atoms with van der Waals surface area (Å²) < 4.78 is 10.6. The number of aryl methyl sites for hydroxylation is 1. The second-order valence-electron chi connectivity index (χ2n) is 7.30. The van der Waals surface area contributed by atoms with E-state index in [2.05, 4.69) is 0 Å². The Balaban J connectivity index is 1.89. The third-order valence-electron chi connectivity index (χ3n) is 5.29. The zero-order valence-corrected chi connectivity index (χ0v) is 17.0. The van der Waals surface area contributed by atoms with Gasteiger partial charge < -0.3 is 24.3 Å². The number of hydrogen-bond donors (Lipinski definition) is 2. The molecule has 158 valence electrons. The summed E-state index contributed by atoms with van der Waals surface area (Å²) in [6, 6.07) is 14.1. The van der Waals surface area contributed by atoms with Crippen molar-refractivity contribution < 1.29 is 29.0 Å². The number of likely N-dealkylation sites (tertiary alicyclic amines) is 1. The Morgan fingerprint density at radius 1 is 1.13 bits per heavy atom. The molecule has 0 saturated carbocycles. The lowest BCUT2D eigenvalue weighted by atomic mass is 9.94. The molecule has 1 aliphatic heterocycles.